The molecule has 0 fully saturated rings. The molecule has 35 heavy (non-hydrogen) atoms. The van der Waals surface area contributed by atoms with E-state index in [0.717, 1.165) is 16.7 Å². The zero-order valence-electron chi connectivity index (χ0n) is 19.3. The van der Waals surface area contributed by atoms with Gasteiger partial charge in [0.05, 0.1) is 11.1 Å². The van der Waals surface area contributed by atoms with Crippen molar-refractivity contribution in [2.75, 3.05) is 0 Å². The van der Waals surface area contributed by atoms with Gasteiger partial charge in [-0.2, -0.15) is 0 Å². The van der Waals surface area contributed by atoms with Crippen molar-refractivity contribution in [3.8, 4) is 0 Å². The summed E-state index contributed by atoms with van der Waals surface area (Å²) in [5.41, 5.74) is 2.50. The van der Waals surface area contributed by atoms with Crippen LogP contribution in [-0.2, 0) is 25.6 Å². The first-order valence-corrected chi connectivity index (χ1v) is 10.8. The second-order valence-electron chi connectivity index (χ2n) is 7.93. The lowest BCUT2D eigenvalue weighted by Gasteiger charge is -2.23. The number of ether oxygens (including phenoxy) is 2. The molecule has 0 spiro atoms. The molecule has 3 rings (SSSR count). The summed E-state index contributed by atoms with van der Waals surface area (Å²) in [5, 5.41) is 12.4. The predicted molar refractivity (Wildman–Crippen MR) is 127 cm³/mol. The molecule has 8 nitrogen and oxygen atoms in total. The molecule has 2 N–H and O–H groups in total. The Labute approximate surface area is 202 Å². The normalized spacial score (nSPS) is 12.2. The van der Waals surface area contributed by atoms with Crippen molar-refractivity contribution in [1.29, 1.82) is 0 Å². The molecular formula is C27H25NO7. The van der Waals surface area contributed by atoms with E-state index in [0.29, 0.717) is 0 Å². The Morgan fingerprint density at radius 3 is 1.74 bits per heavy atom. The second kappa shape index (κ2) is 11.6. The van der Waals surface area contributed by atoms with E-state index in [4.69, 9.17) is 9.47 Å². The average Bonchev–Trinajstić information content (AvgIpc) is 2.84. The van der Waals surface area contributed by atoms with E-state index in [-0.39, 0.29) is 17.7 Å². The summed E-state index contributed by atoms with van der Waals surface area (Å²) in [6.45, 7) is 3.58. The SMILES string of the molecule is Cc1cccc(C(=O)O[C@H](C(=O)NCc2ccccc2)[C@@H](OC(=O)c2cccc(C)c2)C(=O)O)c1. The fourth-order valence-electron chi connectivity index (χ4n) is 3.29. The highest BCUT2D eigenvalue weighted by molar-refractivity contribution is 5.96. The van der Waals surface area contributed by atoms with Gasteiger partial charge in [0.1, 0.15) is 0 Å². The van der Waals surface area contributed by atoms with E-state index in [9.17, 15) is 24.3 Å². The van der Waals surface area contributed by atoms with E-state index in [1.807, 2.05) is 6.07 Å². The summed E-state index contributed by atoms with van der Waals surface area (Å²) in [4.78, 5) is 50.5. The van der Waals surface area contributed by atoms with E-state index < -0.39 is 36.0 Å². The Morgan fingerprint density at radius 2 is 1.26 bits per heavy atom. The smallest absolute Gasteiger partial charge is 0.349 e. The van der Waals surface area contributed by atoms with Crippen LogP contribution >= 0.6 is 0 Å². The van der Waals surface area contributed by atoms with Gasteiger partial charge in [-0.3, -0.25) is 4.79 Å². The molecule has 0 aliphatic carbocycles. The first-order valence-electron chi connectivity index (χ1n) is 10.8. The van der Waals surface area contributed by atoms with E-state index in [1.165, 1.54) is 24.3 Å². The predicted octanol–water partition coefficient (Wildman–Crippen LogP) is 3.46. The van der Waals surface area contributed by atoms with E-state index in [1.54, 1.807) is 62.4 Å². The highest BCUT2D eigenvalue weighted by Crippen LogP contribution is 2.15. The van der Waals surface area contributed by atoms with Crippen LogP contribution in [-0.4, -0.2) is 41.1 Å². The van der Waals surface area contributed by atoms with Gasteiger partial charge in [0.2, 0.25) is 12.2 Å². The minimum absolute atomic E-state index is 0.0519. The molecule has 3 aromatic carbocycles. The van der Waals surface area contributed by atoms with Gasteiger partial charge in [-0.1, -0.05) is 65.7 Å². The summed E-state index contributed by atoms with van der Waals surface area (Å²) in [6.07, 6.45) is -4.01. The molecular weight excluding hydrogens is 450 g/mol. The summed E-state index contributed by atoms with van der Waals surface area (Å²) < 4.78 is 10.5. The molecule has 0 unspecified atom stereocenters. The molecule has 0 aliphatic rings. The number of amides is 1. The minimum Gasteiger partial charge on any atom is -0.478 e. The number of nitrogens with one attached hydrogen (secondary N) is 1. The molecule has 0 saturated heterocycles. The highest BCUT2D eigenvalue weighted by atomic mass is 16.6. The Kier molecular flexibility index (Phi) is 8.34. The van der Waals surface area contributed by atoms with Crippen LogP contribution in [0.4, 0.5) is 0 Å². The fourth-order valence-corrected chi connectivity index (χ4v) is 3.29. The zero-order chi connectivity index (χ0) is 25.4. The maximum Gasteiger partial charge on any atom is 0.349 e. The van der Waals surface area contributed by atoms with Gasteiger partial charge in [-0.25, -0.2) is 14.4 Å². The van der Waals surface area contributed by atoms with Gasteiger partial charge in [0.15, 0.2) is 0 Å². The summed E-state index contributed by atoms with van der Waals surface area (Å²) in [6, 6.07) is 21.6. The molecule has 3 aromatic rings. The maximum absolute atomic E-state index is 13.0. The molecule has 0 aliphatic heterocycles. The number of rotatable bonds is 9. The molecule has 0 saturated carbocycles. The van der Waals surface area contributed by atoms with Crippen molar-refractivity contribution in [2.24, 2.45) is 0 Å². The molecule has 1 amide bonds. The van der Waals surface area contributed by atoms with Crippen molar-refractivity contribution in [1.82, 2.24) is 5.32 Å². The van der Waals surface area contributed by atoms with E-state index >= 15 is 0 Å². The summed E-state index contributed by atoms with van der Waals surface area (Å²) in [7, 11) is 0. The number of hydrogen-bond acceptors (Lipinski definition) is 6. The molecule has 180 valence electrons. The molecule has 0 bridgehead atoms. The van der Waals surface area contributed by atoms with Crippen molar-refractivity contribution in [3.63, 3.8) is 0 Å². The number of aryl methyl sites for hydroxylation is 2. The van der Waals surface area contributed by atoms with Gasteiger partial charge in [-0.15, -0.1) is 0 Å². The first-order chi connectivity index (χ1) is 16.7. The number of hydrogen-bond donors (Lipinski definition) is 2. The highest BCUT2D eigenvalue weighted by Gasteiger charge is 2.40. The number of carbonyl (C=O) groups is 4. The lowest BCUT2D eigenvalue weighted by atomic mass is 10.1. The Bertz CT molecular complexity index is 1220. The van der Waals surface area contributed by atoms with E-state index in [2.05, 4.69) is 5.32 Å². The molecule has 2 atom stereocenters. The Balaban J connectivity index is 1.86. The summed E-state index contributed by atoms with van der Waals surface area (Å²) in [5.74, 6) is -4.44. The number of aliphatic carboxylic acids is 1. The third-order valence-electron chi connectivity index (χ3n) is 5.06. The van der Waals surface area contributed by atoms with Crippen molar-refractivity contribution < 1.29 is 33.8 Å². The summed E-state index contributed by atoms with van der Waals surface area (Å²) >= 11 is 0. The average molecular weight is 475 g/mol. The molecule has 8 heteroatoms. The van der Waals surface area contributed by atoms with Gasteiger partial charge in [0, 0.05) is 6.54 Å². The van der Waals surface area contributed by atoms with Crippen LogP contribution in [0.3, 0.4) is 0 Å². The lowest BCUT2D eigenvalue weighted by Crippen LogP contribution is -2.50. The van der Waals surface area contributed by atoms with Crippen LogP contribution in [0.1, 0.15) is 37.4 Å². The van der Waals surface area contributed by atoms with Gasteiger partial charge in [0.25, 0.3) is 5.91 Å². The largest absolute Gasteiger partial charge is 0.478 e. The van der Waals surface area contributed by atoms with Crippen molar-refractivity contribution in [3.05, 3.63) is 107 Å². The van der Waals surface area contributed by atoms with Crippen molar-refractivity contribution >= 4 is 23.8 Å². The second-order valence-corrected chi connectivity index (χ2v) is 7.93. The van der Waals surface area contributed by atoms with Gasteiger partial charge in [-0.05, 0) is 43.7 Å². The maximum atomic E-state index is 13.0. The third-order valence-corrected chi connectivity index (χ3v) is 5.06. The first kappa shape index (κ1) is 25.2. The lowest BCUT2D eigenvalue weighted by molar-refractivity contribution is -0.159. The number of benzene rings is 3. The van der Waals surface area contributed by atoms with Crippen LogP contribution in [0.25, 0.3) is 0 Å². The van der Waals surface area contributed by atoms with Crippen LogP contribution in [0, 0.1) is 13.8 Å². The molecule has 0 radical (unpaired) electrons. The Hall–Kier alpha value is -4.46. The van der Waals surface area contributed by atoms with Crippen LogP contribution < -0.4 is 5.32 Å². The number of carbonyl (C=O) groups excluding carboxylic acids is 3. The minimum atomic E-state index is -2.08. The van der Waals surface area contributed by atoms with Crippen LogP contribution in [0.5, 0.6) is 0 Å². The van der Waals surface area contributed by atoms with Gasteiger partial charge < -0.3 is 19.9 Å². The molecule has 0 aromatic heterocycles. The zero-order valence-corrected chi connectivity index (χ0v) is 19.3. The number of esters is 2. The molecule has 0 heterocycles. The number of carboxylic acid groups (broad SMARTS) is 1. The van der Waals surface area contributed by atoms with Crippen LogP contribution in [0.15, 0.2) is 78.9 Å². The third kappa shape index (κ3) is 7.01. The fraction of sp³-hybridized carbons (Fsp3) is 0.185. The Morgan fingerprint density at radius 1 is 0.743 bits per heavy atom. The van der Waals surface area contributed by atoms with Crippen molar-refractivity contribution in [2.45, 2.75) is 32.6 Å². The topological polar surface area (TPSA) is 119 Å². The monoisotopic (exact) mass is 475 g/mol. The number of carboxylic acids is 1. The standard InChI is InChI=1S/C27H25NO7/c1-17-8-6-12-20(14-17)26(32)34-22(24(29)28-16-19-10-4-3-5-11-19)23(25(30)31)35-27(33)21-13-7-9-18(2)15-21/h3-15,22-23H,16H2,1-2H3,(H,28,29)(H,30,31)/t22-,23+/m0/s1. The quantitative estimate of drug-likeness (QED) is 0.455. The van der Waals surface area contributed by atoms with Gasteiger partial charge >= 0.3 is 17.9 Å². The van der Waals surface area contributed by atoms with Crippen LogP contribution in [0.2, 0.25) is 0 Å².